The van der Waals surface area contributed by atoms with Crippen molar-refractivity contribution < 1.29 is 14.4 Å². The number of hydrogen-bond acceptors (Lipinski definition) is 3. The molecule has 0 radical (unpaired) electrons. The lowest BCUT2D eigenvalue weighted by Gasteiger charge is -2.12. The molecule has 0 heterocycles. The van der Waals surface area contributed by atoms with E-state index in [0.29, 0.717) is 5.56 Å². The lowest BCUT2D eigenvalue weighted by molar-refractivity contribution is -0.124. The molecule has 148 valence electrons. The zero-order valence-corrected chi connectivity index (χ0v) is 16.8. The molecule has 2 rings (SSSR count). The van der Waals surface area contributed by atoms with Crippen LogP contribution in [0.5, 0.6) is 0 Å². The van der Waals surface area contributed by atoms with E-state index in [9.17, 15) is 14.4 Å². The van der Waals surface area contributed by atoms with E-state index in [0.717, 1.165) is 29.7 Å². The van der Waals surface area contributed by atoms with E-state index in [1.165, 1.54) is 5.56 Å². The van der Waals surface area contributed by atoms with Crippen LogP contribution in [0.3, 0.4) is 0 Å². The second kappa shape index (κ2) is 10.4. The van der Waals surface area contributed by atoms with E-state index in [4.69, 9.17) is 0 Å². The Balaban J connectivity index is 1.76. The molecule has 0 saturated heterocycles. The van der Waals surface area contributed by atoms with Gasteiger partial charge in [0.15, 0.2) is 5.78 Å². The van der Waals surface area contributed by atoms with Crippen LogP contribution < -0.4 is 10.6 Å². The molecule has 0 saturated carbocycles. The van der Waals surface area contributed by atoms with Gasteiger partial charge >= 0.3 is 0 Å². The van der Waals surface area contributed by atoms with Gasteiger partial charge in [0.1, 0.15) is 0 Å². The lowest BCUT2D eigenvalue weighted by atomic mass is 10.0. The Kier molecular flexibility index (Phi) is 7.93. The minimum atomic E-state index is -0.312. The smallest absolute Gasteiger partial charge is 0.243 e. The number of hydrogen-bond donors (Lipinski definition) is 2. The van der Waals surface area contributed by atoms with Crippen molar-refractivity contribution >= 4 is 23.3 Å². The molecule has 0 aliphatic rings. The maximum Gasteiger partial charge on any atom is 0.243 e. The Morgan fingerprint density at radius 1 is 0.857 bits per heavy atom. The zero-order chi connectivity index (χ0) is 20.5. The number of amides is 2. The number of ketones is 1. The highest BCUT2D eigenvalue weighted by Gasteiger charge is 2.12. The lowest BCUT2D eigenvalue weighted by Crippen LogP contribution is -2.33. The van der Waals surface area contributed by atoms with Gasteiger partial charge in [-0.15, -0.1) is 0 Å². The molecule has 5 nitrogen and oxygen atoms in total. The number of aryl methyl sites for hydroxylation is 3. The third kappa shape index (κ3) is 6.34. The third-order valence-corrected chi connectivity index (χ3v) is 4.59. The van der Waals surface area contributed by atoms with E-state index >= 15 is 0 Å². The summed E-state index contributed by atoms with van der Waals surface area (Å²) in [6.45, 7) is 5.83. The van der Waals surface area contributed by atoms with Crippen LogP contribution in [0.15, 0.2) is 42.5 Å². The van der Waals surface area contributed by atoms with Crippen molar-refractivity contribution in [2.75, 3.05) is 11.9 Å². The first kappa shape index (κ1) is 21.4. The Bertz CT molecular complexity index is 821. The average Bonchev–Trinajstić information content (AvgIpc) is 2.68. The molecule has 5 heteroatoms. The summed E-state index contributed by atoms with van der Waals surface area (Å²) < 4.78 is 0. The number of carbonyl (C=O) groups excluding carboxylic acids is 3. The summed E-state index contributed by atoms with van der Waals surface area (Å²) in [6, 6.07) is 13.3. The van der Waals surface area contributed by atoms with Crippen LogP contribution in [0, 0.1) is 13.8 Å². The maximum atomic E-state index is 12.2. The molecule has 0 aliphatic carbocycles. The number of benzene rings is 2. The fourth-order valence-corrected chi connectivity index (χ4v) is 2.98. The molecule has 2 N–H and O–H groups in total. The van der Waals surface area contributed by atoms with E-state index < -0.39 is 0 Å². The van der Waals surface area contributed by atoms with Crippen molar-refractivity contribution in [1.29, 1.82) is 0 Å². The summed E-state index contributed by atoms with van der Waals surface area (Å²) in [5, 5.41) is 5.39. The number of anilines is 1. The first-order valence-corrected chi connectivity index (χ1v) is 9.65. The van der Waals surface area contributed by atoms with Crippen LogP contribution in [0.1, 0.15) is 53.2 Å². The van der Waals surface area contributed by atoms with E-state index in [2.05, 4.69) is 17.6 Å². The second-order valence-corrected chi connectivity index (χ2v) is 6.96. The van der Waals surface area contributed by atoms with Crippen molar-refractivity contribution in [1.82, 2.24) is 5.32 Å². The molecule has 0 bridgehead atoms. The number of rotatable bonds is 9. The van der Waals surface area contributed by atoms with Crippen molar-refractivity contribution in [3.05, 3.63) is 64.7 Å². The predicted molar refractivity (Wildman–Crippen MR) is 112 cm³/mol. The third-order valence-electron chi connectivity index (χ3n) is 4.59. The SMILES string of the molecule is CCCc1ccc(C(=O)CCC(=O)NCC(=O)Nc2c(C)cccc2C)cc1. The van der Waals surface area contributed by atoms with Crippen molar-refractivity contribution in [3.63, 3.8) is 0 Å². The van der Waals surface area contributed by atoms with Crippen LogP contribution in [0.4, 0.5) is 5.69 Å². The molecule has 0 fully saturated rings. The summed E-state index contributed by atoms with van der Waals surface area (Å²) in [5.74, 6) is -0.672. The van der Waals surface area contributed by atoms with E-state index in [-0.39, 0.29) is 37.0 Å². The molecule has 0 spiro atoms. The topological polar surface area (TPSA) is 75.3 Å². The van der Waals surface area contributed by atoms with Crippen molar-refractivity contribution in [3.8, 4) is 0 Å². The first-order chi connectivity index (χ1) is 13.4. The molecular weight excluding hydrogens is 352 g/mol. The predicted octanol–water partition coefficient (Wildman–Crippen LogP) is 3.97. The first-order valence-electron chi connectivity index (χ1n) is 9.65. The van der Waals surface area contributed by atoms with E-state index in [1.807, 2.05) is 56.3 Å². The molecule has 0 unspecified atom stereocenters. The van der Waals surface area contributed by atoms with Crippen LogP contribution in [-0.4, -0.2) is 24.1 Å². The molecule has 2 aromatic rings. The summed E-state index contributed by atoms with van der Waals surface area (Å²) in [4.78, 5) is 36.3. The standard InChI is InChI=1S/C23H28N2O3/c1-4-6-18-9-11-19(12-10-18)20(26)13-14-21(27)24-15-22(28)25-23-16(2)7-5-8-17(23)3/h5,7-12H,4,6,13-15H2,1-3H3,(H,24,27)(H,25,28). The number of Topliss-reactive ketones (excluding diaryl/α,β-unsaturated/α-hetero) is 1. The van der Waals surface area contributed by atoms with Gasteiger partial charge in [-0.3, -0.25) is 14.4 Å². The Morgan fingerprint density at radius 3 is 2.11 bits per heavy atom. The fourth-order valence-electron chi connectivity index (χ4n) is 2.98. The fraction of sp³-hybridized carbons (Fsp3) is 0.348. The van der Waals surface area contributed by atoms with Gasteiger partial charge in [0.2, 0.25) is 11.8 Å². The van der Waals surface area contributed by atoms with Gasteiger partial charge in [-0.25, -0.2) is 0 Å². The second-order valence-electron chi connectivity index (χ2n) is 6.96. The number of carbonyl (C=O) groups is 3. The molecule has 0 aliphatic heterocycles. The molecule has 2 amide bonds. The van der Waals surface area contributed by atoms with Crippen LogP contribution in [-0.2, 0) is 16.0 Å². The summed E-state index contributed by atoms with van der Waals surface area (Å²) in [6.07, 6.45) is 2.23. The van der Waals surface area contributed by atoms with Gasteiger partial charge in [0.05, 0.1) is 6.54 Å². The Morgan fingerprint density at radius 2 is 1.50 bits per heavy atom. The van der Waals surface area contributed by atoms with Gasteiger partial charge in [-0.1, -0.05) is 55.8 Å². The zero-order valence-electron chi connectivity index (χ0n) is 16.8. The molecule has 28 heavy (non-hydrogen) atoms. The maximum absolute atomic E-state index is 12.2. The van der Waals surface area contributed by atoms with E-state index in [1.54, 1.807) is 0 Å². The molecule has 0 atom stereocenters. The summed E-state index contributed by atoms with van der Waals surface area (Å²) in [7, 11) is 0. The van der Waals surface area contributed by atoms with Gasteiger partial charge in [0, 0.05) is 24.1 Å². The van der Waals surface area contributed by atoms with Crippen LogP contribution >= 0.6 is 0 Å². The number of nitrogens with one attached hydrogen (secondary N) is 2. The average molecular weight is 380 g/mol. The Labute approximate surface area is 166 Å². The minimum Gasteiger partial charge on any atom is -0.347 e. The monoisotopic (exact) mass is 380 g/mol. The normalized spacial score (nSPS) is 10.4. The summed E-state index contributed by atoms with van der Waals surface area (Å²) >= 11 is 0. The van der Waals surface area contributed by atoms with Crippen LogP contribution in [0.25, 0.3) is 0 Å². The highest BCUT2D eigenvalue weighted by atomic mass is 16.2. The van der Waals surface area contributed by atoms with Crippen LogP contribution in [0.2, 0.25) is 0 Å². The quantitative estimate of drug-likeness (QED) is 0.646. The minimum absolute atomic E-state index is 0.0617. The van der Waals surface area contributed by atoms with Gasteiger partial charge in [-0.2, -0.15) is 0 Å². The largest absolute Gasteiger partial charge is 0.347 e. The molecule has 0 aromatic heterocycles. The Hall–Kier alpha value is -2.95. The number of para-hydroxylation sites is 1. The van der Waals surface area contributed by atoms with Gasteiger partial charge in [-0.05, 0) is 37.0 Å². The van der Waals surface area contributed by atoms with Crippen molar-refractivity contribution in [2.24, 2.45) is 0 Å². The molecule has 2 aromatic carbocycles. The van der Waals surface area contributed by atoms with Gasteiger partial charge < -0.3 is 10.6 Å². The molecular formula is C23H28N2O3. The van der Waals surface area contributed by atoms with Crippen molar-refractivity contribution in [2.45, 2.75) is 46.5 Å². The van der Waals surface area contributed by atoms with Gasteiger partial charge in [0.25, 0.3) is 0 Å². The highest BCUT2D eigenvalue weighted by Crippen LogP contribution is 2.19. The summed E-state index contributed by atoms with van der Waals surface area (Å²) in [5.41, 5.74) is 4.51. The highest BCUT2D eigenvalue weighted by molar-refractivity contribution is 5.99.